The van der Waals surface area contributed by atoms with E-state index >= 15 is 0 Å². The molecule has 1 unspecified atom stereocenters. The number of hydrogen-bond acceptors (Lipinski definition) is 5. The third-order valence-electron chi connectivity index (χ3n) is 3.34. The molecular weight excluding hydrogens is 291 g/mol. The van der Waals surface area contributed by atoms with Crippen LogP contribution in [0.3, 0.4) is 0 Å². The Morgan fingerprint density at radius 1 is 1.45 bits per heavy atom. The molecule has 22 heavy (non-hydrogen) atoms. The van der Waals surface area contributed by atoms with Gasteiger partial charge in [-0.3, -0.25) is 4.79 Å². The van der Waals surface area contributed by atoms with E-state index in [9.17, 15) is 14.0 Å². The largest absolute Gasteiger partial charge is 0.458 e. The zero-order chi connectivity index (χ0) is 15.5. The highest BCUT2D eigenvalue weighted by molar-refractivity contribution is 5.88. The van der Waals surface area contributed by atoms with Gasteiger partial charge in [-0.05, 0) is 18.6 Å². The summed E-state index contributed by atoms with van der Waals surface area (Å²) in [6, 6.07) is 7.06. The summed E-state index contributed by atoms with van der Waals surface area (Å²) in [5.74, 6) is -0.833. The molecule has 0 aliphatic carbocycles. The van der Waals surface area contributed by atoms with Gasteiger partial charge in [-0.25, -0.2) is 9.18 Å². The molecule has 0 radical (unpaired) electrons. The van der Waals surface area contributed by atoms with Gasteiger partial charge >= 0.3 is 5.97 Å². The second kappa shape index (κ2) is 5.97. The van der Waals surface area contributed by atoms with E-state index in [0.29, 0.717) is 18.5 Å². The first-order valence-electron chi connectivity index (χ1n) is 6.80. The van der Waals surface area contributed by atoms with Gasteiger partial charge in [0.2, 0.25) is 5.91 Å². The monoisotopic (exact) mass is 304 g/mol. The minimum atomic E-state index is -0.606. The molecule has 3 rings (SSSR count). The number of esters is 1. The first-order valence-corrected chi connectivity index (χ1v) is 6.80. The van der Waals surface area contributed by atoms with Crippen molar-refractivity contribution >= 4 is 11.9 Å². The minimum Gasteiger partial charge on any atom is -0.458 e. The number of amides is 1. The summed E-state index contributed by atoms with van der Waals surface area (Å²) in [6.45, 7) is -0.0941. The average molecular weight is 304 g/mol. The highest BCUT2D eigenvalue weighted by Gasteiger charge is 2.28. The fourth-order valence-corrected chi connectivity index (χ4v) is 2.20. The third kappa shape index (κ3) is 2.98. The van der Waals surface area contributed by atoms with Crippen LogP contribution >= 0.6 is 0 Å². The van der Waals surface area contributed by atoms with Crippen LogP contribution in [0.4, 0.5) is 4.39 Å². The maximum Gasteiger partial charge on any atom is 0.329 e. The molecule has 1 fully saturated rings. The van der Waals surface area contributed by atoms with E-state index < -0.39 is 17.8 Å². The lowest BCUT2D eigenvalue weighted by Crippen LogP contribution is -2.34. The number of hydrogen-bond donors (Lipinski definition) is 1. The lowest BCUT2D eigenvalue weighted by atomic mass is 10.1. The molecule has 1 amide bonds. The van der Waals surface area contributed by atoms with Crippen LogP contribution in [-0.2, 0) is 20.9 Å². The summed E-state index contributed by atoms with van der Waals surface area (Å²) >= 11 is 0. The van der Waals surface area contributed by atoms with Crippen LogP contribution in [0.1, 0.15) is 18.5 Å². The quantitative estimate of drug-likeness (QED) is 0.871. The van der Waals surface area contributed by atoms with Crippen LogP contribution in [0.2, 0.25) is 0 Å². The number of carbonyl (C=O) groups excluding carboxylic acids is 2. The van der Waals surface area contributed by atoms with Crippen LogP contribution in [0.25, 0.3) is 11.3 Å². The van der Waals surface area contributed by atoms with Gasteiger partial charge in [0.1, 0.15) is 24.2 Å². The average Bonchev–Trinajstić information content (AvgIpc) is 3.14. The molecule has 1 aromatic carbocycles. The Kier molecular flexibility index (Phi) is 3.86. The van der Waals surface area contributed by atoms with Crippen molar-refractivity contribution in [3.8, 4) is 11.3 Å². The highest BCUT2D eigenvalue weighted by Crippen LogP contribution is 2.23. The van der Waals surface area contributed by atoms with Crippen molar-refractivity contribution in [2.45, 2.75) is 25.5 Å². The smallest absolute Gasteiger partial charge is 0.329 e. The van der Waals surface area contributed by atoms with Gasteiger partial charge in [0.25, 0.3) is 0 Å². The van der Waals surface area contributed by atoms with Crippen LogP contribution < -0.4 is 5.32 Å². The molecule has 1 aromatic heterocycles. The summed E-state index contributed by atoms with van der Waals surface area (Å²) in [7, 11) is 0. The van der Waals surface area contributed by atoms with E-state index in [1.807, 2.05) is 0 Å². The van der Waals surface area contributed by atoms with E-state index in [2.05, 4.69) is 10.5 Å². The number of nitrogens with zero attached hydrogens (tertiary/aromatic N) is 1. The number of halogens is 1. The molecule has 2 aromatic rings. The molecule has 1 N–H and O–H groups in total. The number of ether oxygens (including phenoxy) is 1. The molecule has 1 saturated heterocycles. The highest BCUT2D eigenvalue weighted by atomic mass is 19.1. The molecule has 114 valence electrons. The maximum absolute atomic E-state index is 13.6. The fourth-order valence-electron chi connectivity index (χ4n) is 2.20. The van der Waals surface area contributed by atoms with Crippen molar-refractivity contribution in [2.75, 3.05) is 0 Å². The van der Waals surface area contributed by atoms with Crippen molar-refractivity contribution in [2.24, 2.45) is 0 Å². The Balaban J connectivity index is 1.62. The van der Waals surface area contributed by atoms with Crippen LogP contribution in [0.15, 0.2) is 34.9 Å². The predicted octanol–water partition coefficient (Wildman–Crippen LogP) is 1.80. The zero-order valence-corrected chi connectivity index (χ0v) is 11.5. The third-order valence-corrected chi connectivity index (χ3v) is 3.34. The Morgan fingerprint density at radius 2 is 2.27 bits per heavy atom. The molecule has 0 bridgehead atoms. The number of carbonyl (C=O) groups is 2. The Hall–Kier alpha value is -2.70. The topological polar surface area (TPSA) is 81.4 Å². The lowest BCUT2D eigenvalue weighted by Gasteiger charge is -2.08. The number of benzene rings is 1. The molecular formula is C15H13FN2O4. The second-order valence-corrected chi connectivity index (χ2v) is 4.93. The first kappa shape index (κ1) is 14.2. The first-order chi connectivity index (χ1) is 10.6. The molecule has 1 atom stereocenters. The second-order valence-electron chi connectivity index (χ2n) is 4.93. The number of aromatic nitrogens is 1. The van der Waals surface area contributed by atoms with E-state index in [1.54, 1.807) is 18.2 Å². The minimum absolute atomic E-state index is 0.0941. The fraction of sp³-hybridized carbons (Fsp3) is 0.267. The SMILES string of the molecule is O=C1CCC(C(=O)OCc2cc(-c3ccccc3F)on2)N1. The van der Waals surface area contributed by atoms with Gasteiger partial charge in [-0.2, -0.15) is 0 Å². The summed E-state index contributed by atoms with van der Waals surface area (Å²) in [5.41, 5.74) is 0.659. The molecule has 6 nitrogen and oxygen atoms in total. The summed E-state index contributed by atoms with van der Waals surface area (Å²) < 4.78 is 23.8. The van der Waals surface area contributed by atoms with Gasteiger partial charge in [0, 0.05) is 12.5 Å². The Bertz CT molecular complexity index is 713. The van der Waals surface area contributed by atoms with Crippen molar-refractivity contribution in [3.63, 3.8) is 0 Å². The van der Waals surface area contributed by atoms with Crippen LogP contribution in [0.5, 0.6) is 0 Å². The molecule has 7 heteroatoms. The van der Waals surface area contributed by atoms with Crippen molar-refractivity contribution in [1.29, 1.82) is 0 Å². The molecule has 0 saturated carbocycles. The van der Waals surface area contributed by atoms with E-state index in [1.165, 1.54) is 12.1 Å². The van der Waals surface area contributed by atoms with E-state index in [4.69, 9.17) is 9.26 Å². The molecule has 1 aliphatic heterocycles. The molecule has 2 heterocycles. The van der Waals surface area contributed by atoms with Crippen molar-refractivity contribution in [1.82, 2.24) is 10.5 Å². The standard InChI is InChI=1S/C15H13FN2O4/c16-11-4-2-1-3-10(11)13-7-9(18-22-13)8-21-15(20)12-5-6-14(19)17-12/h1-4,7,12H,5-6,8H2,(H,17,19). The molecule has 0 spiro atoms. The van der Waals surface area contributed by atoms with Gasteiger partial charge in [0.15, 0.2) is 5.76 Å². The van der Waals surface area contributed by atoms with Gasteiger partial charge in [0.05, 0.1) is 5.56 Å². The summed E-state index contributed by atoms with van der Waals surface area (Å²) in [5, 5.41) is 6.26. The van der Waals surface area contributed by atoms with Gasteiger partial charge in [-0.1, -0.05) is 17.3 Å². The van der Waals surface area contributed by atoms with Gasteiger partial charge < -0.3 is 14.6 Å². The van der Waals surface area contributed by atoms with Crippen LogP contribution in [0, 0.1) is 5.82 Å². The zero-order valence-electron chi connectivity index (χ0n) is 11.5. The Labute approximate surface area is 125 Å². The van der Waals surface area contributed by atoms with Gasteiger partial charge in [-0.15, -0.1) is 0 Å². The molecule has 1 aliphatic rings. The van der Waals surface area contributed by atoms with E-state index in [0.717, 1.165) is 0 Å². The predicted molar refractivity (Wildman–Crippen MR) is 72.9 cm³/mol. The van der Waals surface area contributed by atoms with Crippen molar-refractivity contribution in [3.05, 3.63) is 41.8 Å². The summed E-state index contributed by atoms with van der Waals surface area (Å²) in [4.78, 5) is 22.8. The maximum atomic E-state index is 13.6. The normalized spacial score (nSPS) is 17.3. The number of rotatable bonds is 4. The van der Waals surface area contributed by atoms with Crippen molar-refractivity contribution < 1.29 is 23.2 Å². The number of nitrogens with one attached hydrogen (secondary N) is 1. The van der Waals surface area contributed by atoms with E-state index in [-0.39, 0.29) is 23.8 Å². The lowest BCUT2D eigenvalue weighted by molar-refractivity contribution is -0.147. The Morgan fingerprint density at radius 3 is 3.00 bits per heavy atom. The summed E-state index contributed by atoms with van der Waals surface area (Å²) in [6.07, 6.45) is 0.748. The van der Waals surface area contributed by atoms with Crippen LogP contribution in [-0.4, -0.2) is 23.1 Å².